The number of carboxylic acid groups (broad SMARTS) is 1. The highest BCUT2D eigenvalue weighted by Gasteiger charge is 2.12. The van der Waals surface area contributed by atoms with Gasteiger partial charge in [0.2, 0.25) is 0 Å². The quantitative estimate of drug-likeness (QED) is 0.740. The molecule has 0 unspecified atom stereocenters. The predicted molar refractivity (Wildman–Crippen MR) is 50.1 cm³/mol. The van der Waals surface area contributed by atoms with Crippen LogP contribution in [0.1, 0.15) is 22.8 Å². The van der Waals surface area contributed by atoms with E-state index in [0.29, 0.717) is 12.4 Å². The van der Waals surface area contributed by atoms with Crippen LogP contribution in [0.5, 0.6) is 0 Å². The van der Waals surface area contributed by atoms with Gasteiger partial charge in [0.05, 0.1) is 0 Å². The first-order chi connectivity index (χ1) is 6.16. The molecule has 1 rings (SSSR count). The molecule has 0 saturated heterocycles. The van der Waals surface area contributed by atoms with Crippen LogP contribution in [0.15, 0.2) is 12.3 Å². The first-order valence-corrected chi connectivity index (χ1v) is 4.09. The van der Waals surface area contributed by atoms with Gasteiger partial charge in [-0.2, -0.15) is 0 Å². The van der Waals surface area contributed by atoms with Crippen LogP contribution in [-0.2, 0) is 0 Å². The Morgan fingerprint density at radius 2 is 2.38 bits per heavy atom. The monoisotopic (exact) mass is 180 g/mol. The van der Waals surface area contributed by atoms with Gasteiger partial charge >= 0.3 is 5.97 Å². The molecule has 0 aliphatic heterocycles. The minimum atomic E-state index is -0.943. The van der Waals surface area contributed by atoms with E-state index in [-0.39, 0.29) is 5.56 Å². The second-order valence-electron chi connectivity index (χ2n) is 2.69. The standard InChI is InChI=1S/C9H12N2O2/c1-3-10-8-7(9(12)13)6(2)4-5-11-8/h4-5H,3H2,1-2H3,(H,10,11)(H,12,13). The number of aryl methyl sites for hydroxylation is 1. The van der Waals surface area contributed by atoms with Crippen molar-refractivity contribution in [3.05, 3.63) is 23.4 Å². The van der Waals surface area contributed by atoms with E-state index in [2.05, 4.69) is 10.3 Å². The summed E-state index contributed by atoms with van der Waals surface area (Å²) in [4.78, 5) is 14.8. The van der Waals surface area contributed by atoms with Crippen LogP contribution >= 0.6 is 0 Å². The van der Waals surface area contributed by atoms with Crippen molar-refractivity contribution in [1.82, 2.24) is 4.98 Å². The maximum absolute atomic E-state index is 10.8. The number of carbonyl (C=O) groups is 1. The predicted octanol–water partition coefficient (Wildman–Crippen LogP) is 1.52. The fourth-order valence-electron chi connectivity index (χ4n) is 1.13. The second-order valence-corrected chi connectivity index (χ2v) is 2.69. The van der Waals surface area contributed by atoms with Crippen molar-refractivity contribution in [3.63, 3.8) is 0 Å². The molecule has 0 aliphatic carbocycles. The van der Waals surface area contributed by atoms with Gasteiger partial charge in [0, 0.05) is 12.7 Å². The van der Waals surface area contributed by atoms with Gasteiger partial charge in [0.1, 0.15) is 11.4 Å². The average Bonchev–Trinajstić information content (AvgIpc) is 2.04. The summed E-state index contributed by atoms with van der Waals surface area (Å²) in [6.07, 6.45) is 1.60. The van der Waals surface area contributed by atoms with Crippen LogP contribution in [0.25, 0.3) is 0 Å². The Balaban J connectivity index is 3.17. The number of nitrogens with one attached hydrogen (secondary N) is 1. The summed E-state index contributed by atoms with van der Waals surface area (Å²) >= 11 is 0. The van der Waals surface area contributed by atoms with Gasteiger partial charge in [-0.1, -0.05) is 0 Å². The number of carboxylic acids is 1. The van der Waals surface area contributed by atoms with Crippen LogP contribution < -0.4 is 5.32 Å². The average molecular weight is 180 g/mol. The number of anilines is 1. The van der Waals surface area contributed by atoms with Crippen molar-refractivity contribution < 1.29 is 9.90 Å². The Labute approximate surface area is 76.6 Å². The summed E-state index contributed by atoms with van der Waals surface area (Å²) in [6, 6.07) is 1.68. The Bertz CT molecular complexity index is 323. The van der Waals surface area contributed by atoms with Crippen molar-refractivity contribution in [2.24, 2.45) is 0 Å². The number of hydrogen-bond donors (Lipinski definition) is 2. The highest BCUT2D eigenvalue weighted by molar-refractivity contribution is 5.94. The minimum absolute atomic E-state index is 0.254. The molecular formula is C9H12N2O2. The zero-order chi connectivity index (χ0) is 9.84. The van der Waals surface area contributed by atoms with E-state index in [1.165, 1.54) is 0 Å². The molecule has 1 heterocycles. The molecule has 70 valence electrons. The number of aromatic nitrogens is 1. The van der Waals surface area contributed by atoms with Gasteiger partial charge < -0.3 is 10.4 Å². The highest BCUT2D eigenvalue weighted by atomic mass is 16.4. The lowest BCUT2D eigenvalue weighted by Crippen LogP contribution is -2.09. The lowest BCUT2D eigenvalue weighted by Gasteiger charge is -2.07. The molecule has 4 nitrogen and oxygen atoms in total. The lowest BCUT2D eigenvalue weighted by molar-refractivity contribution is 0.0697. The molecule has 0 bridgehead atoms. The maximum atomic E-state index is 10.8. The topological polar surface area (TPSA) is 62.2 Å². The molecule has 4 heteroatoms. The molecule has 0 saturated carbocycles. The molecule has 0 fully saturated rings. The van der Waals surface area contributed by atoms with Gasteiger partial charge in [-0.3, -0.25) is 0 Å². The van der Waals surface area contributed by atoms with Crippen LogP contribution in [0.3, 0.4) is 0 Å². The van der Waals surface area contributed by atoms with E-state index in [1.807, 2.05) is 6.92 Å². The summed E-state index contributed by atoms with van der Waals surface area (Å²) < 4.78 is 0. The zero-order valence-corrected chi connectivity index (χ0v) is 7.66. The second kappa shape index (κ2) is 3.89. The molecular weight excluding hydrogens is 168 g/mol. The molecule has 0 aromatic carbocycles. The number of aromatic carboxylic acids is 1. The van der Waals surface area contributed by atoms with E-state index in [1.54, 1.807) is 19.2 Å². The molecule has 0 spiro atoms. The molecule has 0 atom stereocenters. The van der Waals surface area contributed by atoms with Crippen LogP contribution in [0, 0.1) is 6.92 Å². The van der Waals surface area contributed by atoms with Crippen LogP contribution in [0.2, 0.25) is 0 Å². The largest absolute Gasteiger partial charge is 0.478 e. The van der Waals surface area contributed by atoms with Crippen molar-refractivity contribution in [3.8, 4) is 0 Å². The Hall–Kier alpha value is -1.58. The van der Waals surface area contributed by atoms with Gasteiger partial charge in [-0.25, -0.2) is 9.78 Å². The Kier molecular flexibility index (Phi) is 2.84. The third kappa shape index (κ3) is 1.96. The van der Waals surface area contributed by atoms with Crippen molar-refractivity contribution in [1.29, 1.82) is 0 Å². The molecule has 0 radical (unpaired) electrons. The molecule has 13 heavy (non-hydrogen) atoms. The van der Waals surface area contributed by atoms with E-state index < -0.39 is 5.97 Å². The summed E-state index contributed by atoms with van der Waals surface area (Å²) in [5, 5.41) is 11.8. The number of rotatable bonds is 3. The van der Waals surface area contributed by atoms with Gasteiger partial charge in [0.25, 0.3) is 0 Å². The number of hydrogen-bond acceptors (Lipinski definition) is 3. The molecule has 2 N–H and O–H groups in total. The van der Waals surface area contributed by atoms with Crippen LogP contribution in [0.4, 0.5) is 5.82 Å². The maximum Gasteiger partial charge on any atom is 0.339 e. The molecule has 1 aromatic heterocycles. The molecule has 0 aliphatic rings. The lowest BCUT2D eigenvalue weighted by atomic mass is 10.1. The van der Waals surface area contributed by atoms with Crippen molar-refractivity contribution >= 4 is 11.8 Å². The number of pyridine rings is 1. The van der Waals surface area contributed by atoms with E-state index in [4.69, 9.17) is 5.11 Å². The minimum Gasteiger partial charge on any atom is -0.478 e. The van der Waals surface area contributed by atoms with Gasteiger partial charge in [0.15, 0.2) is 0 Å². The molecule has 0 amide bonds. The number of nitrogens with zero attached hydrogens (tertiary/aromatic N) is 1. The van der Waals surface area contributed by atoms with Crippen molar-refractivity contribution in [2.45, 2.75) is 13.8 Å². The smallest absolute Gasteiger partial charge is 0.339 e. The van der Waals surface area contributed by atoms with Crippen molar-refractivity contribution in [2.75, 3.05) is 11.9 Å². The normalized spacial score (nSPS) is 9.69. The van der Waals surface area contributed by atoms with E-state index in [0.717, 1.165) is 5.56 Å². The van der Waals surface area contributed by atoms with Gasteiger partial charge in [-0.15, -0.1) is 0 Å². The first kappa shape index (κ1) is 9.51. The summed E-state index contributed by atoms with van der Waals surface area (Å²) in [5.74, 6) is -0.503. The molecule has 1 aromatic rings. The van der Waals surface area contributed by atoms with Crippen LogP contribution in [-0.4, -0.2) is 22.6 Å². The summed E-state index contributed by atoms with van der Waals surface area (Å²) in [7, 11) is 0. The third-order valence-electron chi connectivity index (χ3n) is 1.72. The zero-order valence-electron chi connectivity index (χ0n) is 7.66. The fourth-order valence-corrected chi connectivity index (χ4v) is 1.13. The Morgan fingerprint density at radius 3 is 2.92 bits per heavy atom. The highest BCUT2D eigenvalue weighted by Crippen LogP contribution is 2.15. The summed E-state index contributed by atoms with van der Waals surface area (Å²) in [6.45, 7) is 4.32. The fraction of sp³-hybridized carbons (Fsp3) is 0.333. The van der Waals surface area contributed by atoms with E-state index >= 15 is 0 Å². The SMILES string of the molecule is CCNc1nccc(C)c1C(=O)O. The van der Waals surface area contributed by atoms with Gasteiger partial charge in [-0.05, 0) is 25.5 Å². The van der Waals surface area contributed by atoms with E-state index in [9.17, 15) is 4.79 Å². The Morgan fingerprint density at radius 1 is 1.69 bits per heavy atom. The summed E-state index contributed by atoms with van der Waals surface area (Å²) in [5.41, 5.74) is 0.975. The third-order valence-corrected chi connectivity index (χ3v) is 1.72. The first-order valence-electron chi connectivity index (χ1n) is 4.09.